The normalized spacial score (nSPS) is 19.3. The van der Waals surface area contributed by atoms with Crippen molar-refractivity contribution in [1.82, 2.24) is 9.80 Å². The van der Waals surface area contributed by atoms with E-state index in [1.54, 1.807) is 4.90 Å². The van der Waals surface area contributed by atoms with Crippen LogP contribution in [-0.2, 0) is 11.3 Å². The molecule has 6 nitrogen and oxygen atoms in total. The van der Waals surface area contributed by atoms with E-state index in [0.29, 0.717) is 26.3 Å². The SMILES string of the molecule is Cc1ccc(CN(C)C(=O)CN2CCCC2c2ccc3c(c2)OCCO3)o1. The first-order chi connectivity index (χ1) is 13.1. The van der Waals surface area contributed by atoms with Gasteiger partial charge >= 0.3 is 0 Å². The summed E-state index contributed by atoms with van der Waals surface area (Å²) in [6.45, 7) is 4.93. The van der Waals surface area contributed by atoms with Gasteiger partial charge in [-0.1, -0.05) is 6.07 Å². The van der Waals surface area contributed by atoms with E-state index in [2.05, 4.69) is 17.0 Å². The third-order valence-electron chi connectivity index (χ3n) is 5.27. The molecule has 2 aliphatic rings. The molecule has 0 aliphatic carbocycles. The molecule has 0 spiro atoms. The van der Waals surface area contributed by atoms with Crippen molar-refractivity contribution < 1.29 is 18.7 Å². The van der Waals surface area contributed by atoms with Crippen molar-refractivity contribution in [2.45, 2.75) is 32.4 Å². The van der Waals surface area contributed by atoms with E-state index in [4.69, 9.17) is 13.9 Å². The molecule has 0 radical (unpaired) electrons. The number of nitrogens with zero attached hydrogens (tertiary/aromatic N) is 2. The lowest BCUT2D eigenvalue weighted by Gasteiger charge is -2.27. The minimum atomic E-state index is 0.105. The summed E-state index contributed by atoms with van der Waals surface area (Å²) in [4.78, 5) is 16.7. The highest BCUT2D eigenvalue weighted by atomic mass is 16.6. The number of likely N-dealkylation sites (N-methyl/N-ethyl adjacent to an activating group) is 1. The molecule has 3 heterocycles. The fourth-order valence-electron chi connectivity index (χ4n) is 3.85. The number of furan rings is 1. The van der Waals surface area contributed by atoms with Gasteiger partial charge in [-0.2, -0.15) is 0 Å². The molecule has 1 saturated heterocycles. The van der Waals surface area contributed by atoms with Crippen LogP contribution < -0.4 is 9.47 Å². The number of hydrogen-bond acceptors (Lipinski definition) is 5. The summed E-state index contributed by atoms with van der Waals surface area (Å²) in [5.74, 6) is 3.40. The van der Waals surface area contributed by atoms with Crippen LogP contribution in [0.3, 0.4) is 0 Å². The number of aryl methyl sites for hydroxylation is 1. The predicted octanol–water partition coefficient (Wildman–Crippen LogP) is 3.15. The largest absolute Gasteiger partial charge is 0.486 e. The molecule has 0 N–H and O–H groups in total. The Hall–Kier alpha value is -2.47. The molecule has 27 heavy (non-hydrogen) atoms. The first kappa shape index (κ1) is 17.9. The molecule has 1 unspecified atom stereocenters. The monoisotopic (exact) mass is 370 g/mol. The lowest BCUT2D eigenvalue weighted by atomic mass is 10.0. The zero-order valence-electron chi connectivity index (χ0n) is 15.9. The molecule has 2 aliphatic heterocycles. The quantitative estimate of drug-likeness (QED) is 0.809. The fourth-order valence-corrected chi connectivity index (χ4v) is 3.85. The lowest BCUT2D eigenvalue weighted by Crippen LogP contribution is -2.37. The summed E-state index contributed by atoms with van der Waals surface area (Å²) in [5.41, 5.74) is 1.19. The highest BCUT2D eigenvalue weighted by molar-refractivity contribution is 5.78. The van der Waals surface area contributed by atoms with E-state index >= 15 is 0 Å². The second kappa shape index (κ2) is 7.64. The van der Waals surface area contributed by atoms with Gasteiger partial charge in [0.15, 0.2) is 11.5 Å². The van der Waals surface area contributed by atoms with E-state index in [9.17, 15) is 4.79 Å². The average molecular weight is 370 g/mol. The van der Waals surface area contributed by atoms with Gasteiger partial charge in [-0.05, 0) is 56.1 Å². The van der Waals surface area contributed by atoms with Gasteiger partial charge < -0.3 is 18.8 Å². The fraction of sp³-hybridized carbons (Fsp3) is 0.476. The second-order valence-electron chi connectivity index (χ2n) is 7.29. The maximum Gasteiger partial charge on any atom is 0.236 e. The van der Waals surface area contributed by atoms with Gasteiger partial charge in [0.1, 0.15) is 24.7 Å². The number of ether oxygens (including phenoxy) is 2. The van der Waals surface area contributed by atoms with Crippen molar-refractivity contribution >= 4 is 5.91 Å². The van der Waals surface area contributed by atoms with Gasteiger partial charge in [0.2, 0.25) is 5.91 Å². The molecule has 1 amide bonds. The molecule has 0 saturated carbocycles. The lowest BCUT2D eigenvalue weighted by molar-refractivity contribution is -0.132. The zero-order chi connectivity index (χ0) is 18.8. The summed E-state index contributed by atoms with van der Waals surface area (Å²) in [6, 6.07) is 10.2. The van der Waals surface area contributed by atoms with Crippen LogP contribution in [0.5, 0.6) is 11.5 Å². The van der Waals surface area contributed by atoms with Gasteiger partial charge in [-0.3, -0.25) is 9.69 Å². The molecular weight excluding hydrogens is 344 g/mol. The highest BCUT2D eigenvalue weighted by Crippen LogP contribution is 2.37. The van der Waals surface area contributed by atoms with E-state index in [1.807, 2.05) is 32.2 Å². The Morgan fingerprint density at radius 1 is 1.19 bits per heavy atom. The Morgan fingerprint density at radius 2 is 2.00 bits per heavy atom. The first-order valence-electron chi connectivity index (χ1n) is 9.53. The minimum absolute atomic E-state index is 0.105. The van der Waals surface area contributed by atoms with Crippen molar-refractivity contribution in [2.75, 3.05) is 33.4 Å². The van der Waals surface area contributed by atoms with Gasteiger partial charge in [-0.15, -0.1) is 0 Å². The Bertz CT molecular complexity index is 816. The predicted molar refractivity (Wildman–Crippen MR) is 101 cm³/mol. The second-order valence-corrected chi connectivity index (χ2v) is 7.29. The number of amides is 1. The Labute approximate surface area is 159 Å². The van der Waals surface area contributed by atoms with E-state index in [0.717, 1.165) is 42.4 Å². The summed E-state index contributed by atoms with van der Waals surface area (Å²) in [7, 11) is 1.83. The molecule has 1 fully saturated rings. The number of carbonyl (C=O) groups excluding carboxylic acids is 1. The molecule has 2 aromatic rings. The number of carbonyl (C=O) groups is 1. The van der Waals surface area contributed by atoms with Gasteiger partial charge in [0.05, 0.1) is 13.1 Å². The van der Waals surface area contributed by atoms with Crippen molar-refractivity contribution in [3.8, 4) is 11.5 Å². The number of benzene rings is 1. The molecule has 0 bridgehead atoms. The van der Waals surface area contributed by atoms with Crippen LogP contribution in [0.15, 0.2) is 34.7 Å². The van der Waals surface area contributed by atoms with Crippen LogP contribution in [0, 0.1) is 6.92 Å². The summed E-state index contributed by atoms with van der Waals surface area (Å²) in [5, 5.41) is 0. The number of rotatable bonds is 5. The zero-order valence-corrected chi connectivity index (χ0v) is 15.9. The summed E-state index contributed by atoms with van der Waals surface area (Å²) < 4.78 is 16.9. The Kier molecular flexibility index (Phi) is 5.07. The third kappa shape index (κ3) is 3.95. The maximum atomic E-state index is 12.7. The van der Waals surface area contributed by atoms with Crippen LogP contribution in [0.1, 0.15) is 36.0 Å². The van der Waals surface area contributed by atoms with Gasteiger partial charge in [0.25, 0.3) is 0 Å². The third-order valence-corrected chi connectivity index (χ3v) is 5.27. The number of fused-ring (bicyclic) bond motifs is 1. The van der Waals surface area contributed by atoms with Gasteiger partial charge in [0, 0.05) is 13.1 Å². The van der Waals surface area contributed by atoms with E-state index in [-0.39, 0.29) is 11.9 Å². The van der Waals surface area contributed by atoms with Crippen molar-refractivity contribution in [1.29, 1.82) is 0 Å². The Balaban J connectivity index is 1.41. The van der Waals surface area contributed by atoms with Crippen LogP contribution in [0.4, 0.5) is 0 Å². The standard InChI is InChI=1S/C21H26N2O4/c1-15-5-7-17(27-15)13-22(2)21(24)14-23-9-3-4-18(23)16-6-8-19-20(12-16)26-11-10-25-19/h5-8,12,18H,3-4,9-11,13-14H2,1-2H3. The Morgan fingerprint density at radius 3 is 2.78 bits per heavy atom. The van der Waals surface area contributed by atoms with E-state index in [1.165, 1.54) is 5.56 Å². The number of hydrogen-bond donors (Lipinski definition) is 0. The van der Waals surface area contributed by atoms with Crippen LogP contribution in [-0.4, -0.2) is 49.1 Å². The minimum Gasteiger partial charge on any atom is -0.486 e. The van der Waals surface area contributed by atoms with Gasteiger partial charge in [-0.25, -0.2) is 0 Å². The molecule has 1 aromatic heterocycles. The summed E-state index contributed by atoms with van der Waals surface area (Å²) >= 11 is 0. The average Bonchev–Trinajstić information content (AvgIpc) is 3.30. The highest BCUT2D eigenvalue weighted by Gasteiger charge is 2.29. The molecule has 4 rings (SSSR count). The van der Waals surface area contributed by atoms with E-state index < -0.39 is 0 Å². The summed E-state index contributed by atoms with van der Waals surface area (Å²) in [6.07, 6.45) is 2.14. The molecular formula is C21H26N2O4. The van der Waals surface area contributed by atoms with Crippen molar-refractivity contribution in [3.63, 3.8) is 0 Å². The first-order valence-corrected chi connectivity index (χ1v) is 9.53. The molecule has 1 aromatic carbocycles. The smallest absolute Gasteiger partial charge is 0.236 e. The molecule has 1 atom stereocenters. The van der Waals surface area contributed by atoms with Crippen LogP contribution in [0.2, 0.25) is 0 Å². The maximum absolute atomic E-state index is 12.7. The molecule has 144 valence electrons. The van der Waals surface area contributed by atoms with Crippen molar-refractivity contribution in [2.24, 2.45) is 0 Å². The van der Waals surface area contributed by atoms with Crippen LogP contribution >= 0.6 is 0 Å². The van der Waals surface area contributed by atoms with Crippen molar-refractivity contribution in [3.05, 3.63) is 47.4 Å². The number of likely N-dealkylation sites (tertiary alicyclic amines) is 1. The topological polar surface area (TPSA) is 55.2 Å². The van der Waals surface area contributed by atoms with Crippen LogP contribution in [0.25, 0.3) is 0 Å². The molecule has 6 heteroatoms.